The van der Waals surface area contributed by atoms with Gasteiger partial charge in [0, 0.05) is 23.3 Å². The number of rotatable bonds is 2. The fourth-order valence-corrected chi connectivity index (χ4v) is 1.87. The topological polar surface area (TPSA) is 24.1 Å². The Balaban J connectivity index is 2.22. The molecule has 0 aliphatic carbocycles. The highest BCUT2D eigenvalue weighted by atomic mass is 19.1. The van der Waals surface area contributed by atoms with Crippen LogP contribution in [0.3, 0.4) is 0 Å². The molecule has 0 amide bonds. The second-order valence-corrected chi connectivity index (χ2v) is 3.80. The van der Waals surface area contributed by atoms with E-state index in [-0.39, 0.29) is 5.82 Å². The Kier molecular flexibility index (Phi) is 2.42. The number of hydrogen-bond acceptors (Lipinski definition) is 2. The minimum atomic E-state index is -0.0965. The zero-order chi connectivity index (χ0) is 10.1. The van der Waals surface area contributed by atoms with Gasteiger partial charge in [-0.3, -0.25) is 0 Å². The lowest BCUT2D eigenvalue weighted by Gasteiger charge is -2.18. The molecule has 2 unspecified atom stereocenters. The maximum absolute atomic E-state index is 13.4. The Labute approximate surface area is 83.5 Å². The third-order valence-electron chi connectivity index (χ3n) is 2.94. The lowest BCUT2D eigenvalue weighted by Crippen LogP contribution is -2.38. The van der Waals surface area contributed by atoms with Gasteiger partial charge in [-0.05, 0) is 32.5 Å². The van der Waals surface area contributed by atoms with Crippen LogP contribution in [0.4, 0.5) is 10.1 Å². The van der Waals surface area contributed by atoms with Crippen molar-refractivity contribution in [1.29, 1.82) is 0 Å². The Hall–Kier alpha value is -1.09. The predicted molar refractivity (Wildman–Crippen MR) is 56.0 cm³/mol. The largest absolute Gasteiger partial charge is 0.380 e. The van der Waals surface area contributed by atoms with Gasteiger partial charge in [0.1, 0.15) is 5.82 Å². The van der Waals surface area contributed by atoms with E-state index < -0.39 is 0 Å². The number of fused-ring (bicyclic) bond motifs is 1. The molecule has 0 aromatic heterocycles. The Bertz CT molecular complexity index is 338. The van der Waals surface area contributed by atoms with Crippen molar-refractivity contribution in [2.45, 2.75) is 25.4 Å². The molecule has 0 spiro atoms. The third-order valence-corrected chi connectivity index (χ3v) is 2.94. The fourth-order valence-electron chi connectivity index (χ4n) is 1.87. The molecule has 2 N–H and O–H groups in total. The Morgan fingerprint density at radius 3 is 3.00 bits per heavy atom. The van der Waals surface area contributed by atoms with Crippen LogP contribution >= 0.6 is 0 Å². The summed E-state index contributed by atoms with van der Waals surface area (Å²) in [6.45, 7) is 2.10. The molecule has 14 heavy (non-hydrogen) atoms. The standard InChI is InChI=1S/C11H15FN2/c1-7(13-2)11-6-8-9(12)4-3-5-10(8)14-11/h3-5,7,11,13-14H,6H2,1-2H3. The molecule has 1 heterocycles. The summed E-state index contributed by atoms with van der Waals surface area (Å²) in [7, 11) is 1.92. The highest BCUT2D eigenvalue weighted by Crippen LogP contribution is 2.28. The van der Waals surface area contributed by atoms with Gasteiger partial charge in [-0.2, -0.15) is 0 Å². The van der Waals surface area contributed by atoms with Crippen LogP contribution in [0.15, 0.2) is 18.2 Å². The Morgan fingerprint density at radius 1 is 1.57 bits per heavy atom. The van der Waals surface area contributed by atoms with E-state index in [1.807, 2.05) is 13.1 Å². The van der Waals surface area contributed by atoms with Crippen LogP contribution in [0.1, 0.15) is 12.5 Å². The molecule has 76 valence electrons. The molecule has 1 aliphatic rings. The number of nitrogens with one attached hydrogen (secondary N) is 2. The molecular formula is C11H15FN2. The lowest BCUT2D eigenvalue weighted by atomic mass is 10.0. The van der Waals surface area contributed by atoms with Gasteiger partial charge < -0.3 is 10.6 Å². The molecule has 1 aromatic carbocycles. The first-order valence-corrected chi connectivity index (χ1v) is 4.93. The number of benzene rings is 1. The summed E-state index contributed by atoms with van der Waals surface area (Å²) in [4.78, 5) is 0. The van der Waals surface area contributed by atoms with Crippen molar-refractivity contribution in [1.82, 2.24) is 5.32 Å². The Morgan fingerprint density at radius 2 is 2.36 bits per heavy atom. The molecule has 0 saturated heterocycles. The van der Waals surface area contributed by atoms with Gasteiger partial charge in [-0.15, -0.1) is 0 Å². The molecule has 0 saturated carbocycles. The summed E-state index contributed by atoms with van der Waals surface area (Å²) in [5, 5.41) is 6.50. The van der Waals surface area contributed by atoms with E-state index in [0.29, 0.717) is 12.1 Å². The molecule has 0 radical (unpaired) electrons. The van der Waals surface area contributed by atoms with Crippen LogP contribution < -0.4 is 10.6 Å². The van der Waals surface area contributed by atoms with Crippen molar-refractivity contribution in [2.24, 2.45) is 0 Å². The van der Waals surface area contributed by atoms with E-state index >= 15 is 0 Å². The van der Waals surface area contributed by atoms with Crippen molar-refractivity contribution in [3.05, 3.63) is 29.6 Å². The molecular weight excluding hydrogens is 179 g/mol. The highest BCUT2D eigenvalue weighted by molar-refractivity contribution is 5.57. The van der Waals surface area contributed by atoms with Crippen LogP contribution in [0.2, 0.25) is 0 Å². The third kappa shape index (κ3) is 1.48. The van der Waals surface area contributed by atoms with Crippen LogP contribution in [-0.2, 0) is 6.42 Å². The maximum Gasteiger partial charge on any atom is 0.128 e. The minimum Gasteiger partial charge on any atom is -0.380 e. The highest BCUT2D eigenvalue weighted by Gasteiger charge is 2.26. The fraction of sp³-hybridized carbons (Fsp3) is 0.455. The number of hydrogen-bond donors (Lipinski definition) is 2. The van der Waals surface area contributed by atoms with E-state index in [1.165, 1.54) is 6.07 Å². The molecule has 2 nitrogen and oxygen atoms in total. The summed E-state index contributed by atoms with van der Waals surface area (Å²) in [5.41, 5.74) is 1.76. The molecule has 0 fully saturated rings. The average Bonchev–Trinajstić information content (AvgIpc) is 2.62. The minimum absolute atomic E-state index is 0.0965. The van der Waals surface area contributed by atoms with Crippen LogP contribution in [0, 0.1) is 5.82 Å². The van der Waals surface area contributed by atoms with E-state index in [1.54, 1.807) is 6.07 Å². The molecule has 0 bridgehead atoms. The van der Waals surface area contributed by atoms with E-state index in [0.717, 1.165) is 17.7 Å². The molecule has 1 aliphatic heterocycles. The first-order chi connectivity index (χ1) is 6.72. The first-order valence-electron chi connectivity index (χ1n) is 4.93. The van der Waals surface area contributed by atoms with Crippen LogP contribution in [-0.4, -0.2) is 19.1 Å². The van der Waals surface area contributed by atoms with Crippen LogP contribution in [0.25, 0.3) is 0 Å². The zero-order valence-corrected chi connectivity index (χ0v) is 8.47. The van der Waals surface area contributed by atoms with Gasteiger partial charge in [0.05, 0.1) is 0 Å². The molecule has 2 atom stereocenters. The van der Waals surface area contributed by atoms with Gasteiger partial charge in [0.2, 0.25) is 0 Å². The number of likely N-dealkylation sites (N-methyl/N-ethyl adjacent to an activating group) is 1. The summed E-state index contributed by atoms with van der Waals surface area (Å²) >= 11 is 0. The van der Waals surface area contributed by atoms with E-state index in [9.17, 15) is 4.39 Å². The monoisotopic (exact) mass is 194 g/mol. The quantitative estimate of drug-likeness (QED) is 0.749. The molecule has 3 heteroatoms. The van der Waals surface area contributed by atoms with Gasteiger partial charge in [0.15, 0.2) is 0 Å². The van der Waals surface area contributed by atoms with Crippen molar-refractivity contribution < 1.29 is 4.39 Å². The van der Waals surface area contributed by atoms with Crippen molar-refractivity contribution in [2.75, 3.05) is 12.4 Å². The average molecular weight is 194 g/mol. The van der Waals surface area contributed by atoms with Gasteiger partial charge in [0.25, 0.3) is 0 Å². The zero-order valence-electron chi connectivity index (χ0n) is 8.47. The van der Waals surface area contributed by atoms with Crippen molar-refractivity contribution in [3.63, 3.8) is 0 Å². The summed E-state index contributed by atoms with van der Waals surface area (Å²) < 4.78 is 13.4. The van der Waals surface area contributed by atoms with Crippen LogP contribution in [0.5, 0.6) is 0 Å². The van der Waals surface area contributed by atoms with Gasteiger partial charge in [-0.1, -0.05) is 6.07 Å². The second-order valence-electron chi connectivity index (χ2n) is 3.80. The van der Waals surface area contributed by atoms with E-state index in [2.05, 4.69) is 17.6 Å². The van der Waals surface area contributed by atoms with Crippen molar-refractivity contribution >= 4 is 5.69 Å². The van der Waals surface area contributed by atoms with Crippen molar-refractivity contribution in [3.8, 4) is 0 Å². The predicted octanol–water partition coefficient (Wildman–Crippen LogP) is 1.77. The number of anilines is 1. The first kappa shape index (κ1) is 9.46. The number of halogens is 1. The smallest absolute Gasteiger partial charge is 0.128 e. The van der Waals surface area contributed by atoms with Gasteiger partial charge >= 0.3 is 0 Å². The summed E-state index contributed by atoms with van der Waals surface area (Å²) in [5.74, 6) is -0.0965. The normalized spacial score (nSPS) is 21.5. The molecule has 1 aromatic rings. The maximum atomic E-state index is 13.4. The second kappa shape index (κ2) is 3.58. The summed E-state index contributed by atoms with van der Waals surface area (Å²) in [6, 6.07) is 5.84. The SMILES string of the molecule is CNC(C)C1Cc2c(F)cccc2N1. The van der Waals surface area contributed by atoms with Gasteiger partial charge in [-0.25, -0.2) is 4.39 Å². The van der Waals surface area contributed by atoms with E-state index in [4.69, 9.17) is 0 Å². The molecule has 2 rings (SSSR count). The lowest BCUT2D eigenvalue weighted by molar-refractivity contribution is 0.519. The summed E-state index contributed by atoms with van der Waals surface area (Å²) in [6.07, 6.45) is 0.768.